The maximum Gasteiger partial charge on any atom is 0.319 e. The smallest absolute Gasteiger partial charge is 0.319 e. The van der Waals surface area contributed by atoms with Crippen molar-refractivity contribution in [2.45, 2.75) is 39.8 Å². The van der Waals surface area contributed by atoms with E-state index in [0.717, 1.165) is 11.1 Å². The number of piperidine rings is 1. The normalized spacial score (nSPS) is 14.6. The highest BCUT2D eigenvalue weighted by Crippen LogP contribution is 2.19. The van der Waals surface area contributed by atoms with Crippen molar-refractivity contribution in [1.29, 1.82) is 0 Å². The molecule has 0 atom stereocenters. The summed E-state index contributed by atoms with van der Waals surface area (Å²) >= 11 is 0. The number of nitrogens with zero attached hydrogens (tertiary/aromatic N) is 5. The zero-order chi connectivity index (χ0) is 20.6. The molecule has 0 radical (unpaired) electrons. The van der Waals surface area contributed by atoms with E-state index in [1.807, 2.05) is 41.8 Å². The fraction of sp³-hybridized carbons (Fsp3) is 0.524. The van der Waals surface area contributed by atoms with Gasteiger partial charge in [0.25, 0.3) is 0 Å². The number of likely N-dealkylation sites (tertiary alicyclic amines) is 1. The van der Waals surface area contributed by atoms with Gasteiger partial charge in [0.05, 0.1) is 6.54 Å². The van der Waals surface area contributed by atoms with Gasteiger partial charge in [-0.05, 0) is 37.8 Å². The van der Waals surface area contributed by atoms with Gasteiger partial charge in [0.2, 0.25) is 5.91 Å². The number of carbonyl (C=O) groups is 2. The van der Waals surface area contributed by atoms with Crippen LogP contribution in [0, 0.1) is 5.92 Å². The summed E-state index contributed by atoms with van der Waals surface area (Å²) in [5, 5.41) is 7.18. The molecule has 1 N–H and O–H groups in total. The summed E-state index contributed by atoms with van der Waals surface area (Å²) in [6.45, 7) is 7.84. The first-order chi connectivity index (χ1) is 14.1. The summed E-state index contributed by atoms with van der Waals surface area (Å²) in [7, 11) is 0. The molecule has 29 heavy (non-hydrogen) atoms. The molecular weight excluding hydrogens is 368 g/mol. The lowest BCUT2D eigenvalue weighted by molar-refractivity contribution is -0.126. The van der Waals surface area contributed by atoms with Crippen LogP contribution < -0.4 is 5.32 Å². The molecule has 8 nitrogen and oxygen atoms in total. The van der Waals surface area contributed by atoms with Gasteiger partial charge < -0.3 is 15.1 Å². The summed E-state index contributed by atoms with van der Waals surface area (Å²) in [6.07, 6.45) is 4.63. The average molecular weight is 399 g/mol. The van der Waals surface area contributed by atoms with Crippen LogP contribution in [0.4, 0.5) is 4.79 Å². The van der Waals surface area contributed by atoms with Crippen LogP contribution in [0.15, 0.2) is 36.9 Å². The van der Waals surface area contributed by atoms with Gasteiger partial charge in [0.1, 0.15) is 12.7 Å². The Kier molecular flexibility index (Phi) is 7.21. The van der Waals surface area contributed by atoms with Crippen LogP contribution in [0.2, 0.25) is 0 Å². The van der Waals surface area contributed by atoms with E-state index in [1.165, 1.54) is 6.33 Å². The van der Waals surface area contributed by atoms with E-state index in [1.54, 1.807) is 11.0 Å². The molecule has 8 heteroatoms. The van der Waals surface area contributed by atoms with E-state index in [2.05, 4.69) is 21.5 Å². The van der Waals surface area contributed by atoms with Crippen molar-refractivity contribution in [2.24, 2.45) is 5.92 Å². The van der Waals surface area contributed by atoms with Crippen molar-refractivity contribution in [3.05, 3.63) is 48.0 Å². The SMILES string of the molecule is CCN(CC)C(=O)N1CCC(C(=O)NCc2cccc(Cn3cncn3)c2)CC1. The zero-order valence-electron chi connectivity index (χ0n) is 17.3. The maximum absolute atomic E-state index is 12.6. The third-order valence-corrected chi connectivity index (χ3v) is 5.44. The molecule has 1 aromatic heterocycles. The highest BCUT2D eigenvalue weighted by atomic mass is 16.2. The Morgan fingerprint density at radius 3 is 2.55 bits per heavy atom. The minimum absolute atomic E-state index is 0.0333. The number of nitrogens with one attached hydrogen (secondary N) is 1. The van der Waals surface area contributed by atoms with Crippen molar-refractivity contribution < 1.29 is 9.59 Å². The number of hydrogen-bond donors (Lipinski definition) is 1. The minimum Gasteiger partial charge on any atom is -0.352 e. The molecule has 3 rings (SSSR count). The van der Waals surface area contributed by atoms with Crippen molar-refractivity contribution in [3.8, 4) is 0 Å². The number of aromatic nitrogens is 3. The molecule has 0 spiro atoms. The fourth-order valence-corrected chi connectivity index (χ4v) is 3.70. The Morgan fingerprint density at radius 2 is 1.90 bits per heavy atom. The number of amides is 3. The molecule has 1 fully saturated rings. The van der Waals surface area contributed by atoms with Crippen LogP contribution >= 0.6 is 0 Å². The molecule has 156 valence electrons. The van der Waals surface area contributed by atoms with Crippen LogP contribution in [0.3, 0.4) is 0 Å². The van der Waals surface area contributed by atoms with Crippen LogP contribution in [0.5, 0.6) is 0 Å². The average Bonchev–Trinajstić information content (AvgIpc) is 3.26. The monoisotopic (exact) mass is 398 g/mol. The lowest BCUT2D eigenvalue weighted by Crippen LogP contribution is -2.48. The molecule has 1 aliphatic rings. The first-order valence-electron chi connectivity index (χ1n) is 10.3. The van der Waals surface area contributed by atoms with E-state index in [4.69, 9.17) is 0 Å². The van der Waals surface area contributed by atoms with E-state index < -0.39 is 0 Å². The first kappa shape index (κ1) is 20.8. The topological polar surface area (TPSA) is 83.4 Å². The summed E-state index contributed by atoms with van der Waals surface area (Å²) in [4.78, 5) is 32.7. The second-order valence-corrected chi connectivity index (χ2v) is 7.35. The van der Waals surface area contributed by atoms with Crippen molar-refractivity contribution in [1.82, 2.24) is 29.9 Å². The third-order valence-electron chi connectivity index (χ3n) is 5.44. The Labute approximate surface area is 171 Å². The van der Waals surface area contributed by atoms with Gasteiger partial charge >= 0.3 is 6.03 Å². The van der Waals surface area contributed by atoms with Crippen molar-refractivity contribution in [2.75, 3.05) is 26.2 Å². The van der Waals surface area contributed by atoms with Gasteiger partial charge in [0, 0.05) is 38.6 Å². The Morgan fingerprint density at radius 1 is 1.17 bits per heavy atom. The van der Waals surface area contributed by atoms with Crippen LogP contribution in [-0.4, -0.2) is 62.7 Å². The van der Waals surface area contributed by atoms with Crippen molar-refractivity contribution in [3.63, 3.8) is 0 Å². The summed E-state index contributed by atoms with van der Waals surface area (Å²) in [5.41, 5.74) is 2.18. The molecule has 0 saturated carbocycles. The lowest BCUT2D eigenvalue weighted by Gasteiger charge is -2.34. The molecule has 0 unspecified atom stereocenters. The largest absolute Gasteiger partial charge is 0.352 e. The Bertz CT molecular complexity index is 795. The molecule has 1 saturated heterocycles. The van der Waals surface area contributed by atoms with Gasteiger partial charge in [-0.15, -0.1) is 0 Å². The van der Waals surface area contributed by atoms with E-state index in [0.29, 0.717) is 52.1 Å². The van der Waals surface area contributed by atoms with Gasteiger partial charge in [-0.3, -0.25) is 4.79 Å². The standard InChI is InChI=1S/C21H30N6O2/c1-3-25(4-2)21(29)26-10-8-19(9-11-26)20(28)23-13-17-6-5-7-18(12-17)14-27-16-22-15-24-27/h5-7,12,15-16,19H,3-4,8-11,13-14H2,1-2H3,(H,23,28). The third kappa shape index (κ3) is 5.56. The Hall–Kier alpha value is -2.90. The van der Waals surface area contributed by atoms with Gasteiger partial charge in [0.15, 0.2) is 0 Å². The second-order valence-electron chi connectivity index (χ2n) is 7.35. The quantitative estimate of drug-likeness (QED) is 0.774. The van der Waals surface area contributed by atoms with Gasteiger partial charge in [-0.1, -0.05) is 24.3 Å². The number of carbonyl (C=O) groups excluding carboxylic acids is 2. The minimum atomic E-state index is -0.0333. The molecule has 0 bridgehead atoms. The number of hydrogen-bond acceptors (Lipinski definition) is 4. The van der Waals surface area contributed by atoms with Crippen LogP contribution in [-0.2, 0) is 17.9 Å². The zero-order valence-corrected chi connectivity index (χ0v) is 17.3. The summed E-state index contributed by atoms with van der Waals surface area (Å²) in [6, 6.07) is 8.20. The van der Waals surface area contributed by atoms with E-state index >= 15 is 0 Å². The molecule has 1 aromatic carbocycles. The number of urea groups is 1. The van der Waals surface area contributed by atoms with E-state index in [9.17, 15) is 9.59 Å². The van der Waals surface area contributed by atoms with Crippen LogP contribution in [0.1, 0.15) is 37.8 Å². The van der Waals surface area contributed by atoms with Crippen LogP contribution in [0.25, 0.3) is 0 Å². The number of benzene rings is 1. The lowest BCUT2D eigenvalue weighted by atomic mass is 9.96. The maximum atomic E-state index is 12.6. The first-order valence-corrected chi connectivity index (χ1v) is 10.3. The highest BCUT2D eigenvalue weighted by Gasteiger charge is 2.28. The Balaban J connectivity index is 1.46. The van der Waals surface area contributed by atoms with Gasteiger partial charge in [-0.2, -0.15) is 5.10 Å². The molecule has 0 aliphatic carbocycles. The molecule has 2 heterocycles. The molecular formula is C21H30N6O2. The predicted molar refractivity (Wildman–Crippen MR) is 110 cm³/mol. The second kappa shape index (κ2) is 10.0. The van der Waals surface area contributed by atoms with Crippen molar-refractivity contribution >= 4 is 11.9 Å². The fourth-order valence-electron chi connectivity index (χ4n) is 3.70. The molecule has 1 aliphatic heterocycles. The summed E-state index contributed by atoms with van der Waals surface area (Å²) in [5.74, 6) is 0.0377. The molecule has 2 aromatic rings. The molecule has 3 amide bonds. The van der Waals surface area contributed by atoms with E-state index in [-0.39, 0.29) is 17.9 Å². The van der Waals surface area contributed by atoms with Gasteiger partial charge in [-0.25, -0.2) is 14.5 Å². The number of rotatable bonds is 7. The summed E-state index contributed by atoms with van der Waals surface area (Å²) < 4.78 is 1.77. The predicted octanol–water partition coefficient (Wildman–Crippen LogP) is 2.12. The highest BCUT2D eigenvalue weighted by molar-refractivity contribution is 5.79.